The van der Waals surface area contributed by atoms with Crippen molar-refractivity contribution in [1.82, 2.24) is 16.2 Å². The number of aryl methyl sites for hydroxylation is 2. The van der Waals surface area contributed by atoms with Gasteiger partial charge in [0.15, 0.2) is 5.11 Å². The lowest BCUT2D eigenvalue weighted by atomic mass is 10.1. The molecule has 0 radical (unpaired) electrons. The molecule has 0 atom stereocenters. The highest BCUT2D eigenvalue weighted by molar-refractivity contribution is 7.80. The quantitative estimate of drug-likeness (QED) is 0.404. The van der Waals surface area contributed by atoms with Crippen molar-refractivity contribution in [1.29, 1.82) is 0 Å². The zero-order valence-electron chi connectivity index (χ0n) is 16.7. The van der Waals surface area contributed by atoms with Gasteiger partial charge in [-0.15, -0.1) is 0 Å². The summed E-state index contributed by atoms with van der Waals surface area (Å²) in [7, 11) is 0. The van der Waals surface area contributed by atoms with E-state index in [1.165, 1.54) is 0 Å². The van der Waals surface area contributed by atoms with Crippen LogP contribution in [0.15, 0.2) is 42.5 Å². The normalized spacial score (nSPS) is 10.1. The van der Waals surface area contributed by atoms with Gasteiger partial charge in [-0.05, 0) is 67.0 Å². The van der Waals surface area contributed by atoms with Crippen LogP contribution in [0.5, 0.6) is 0 Å². The minimum absolute atomic E-state index is 0.0100. The number of benzene rings is 2. The molecular formula is C21H23ClN4O3S. The molecule has 0 saturated carbocycles. The Hall–Kier alpha value is -2.97. The Labute approximate surface area is 185 Å². The Balaban J connectivity index is 1.66. The first-order valence-corrected chi connectivity index (χ1v) is 10.0. The second kappa shape index (κ2) is 11.3. The van der Waals surface area contributed by atoms with Gasteiger partial charge in [0.1, 0.15) is 0 Å². The third-order valence-corrected chi connectivity index (χ3v) is 4.67. The summed E-state index contributed by atoms with van der Waals surface area (Å²) in [4.78, 5) is 35.8. The SMILES string of the molecule is Cc1ccc(NC(=O)CCC(=O)NNC(=S)NC(=O)Cc2ccc(Cl)cc2)cc1C. The summed E-state index contributed by atoms with van der Waals surface area (Å²) in [5, 5.41) is 5.76. The highest BCUT2D eigenvalue weighted by atomic mass is 35.5. The number of amides is 3. The van der Waals surface area contributed by atoms with E-state index < -0.39 is 5.91 Å². The zero-order chi connectivity index (χ0) is 22.1. The van der Waals surface area contributed by atoms with Crippen LogP contribution in [-0.4, -0.2) is 22.8 Å². The predicted molar refractivity (Wildman–Crippen MR) is 121 cm³/mol. The molecule has 0 aromatic heterocycles. The summed E-state index contributed by atoms with van der Waals surface area (Å²) >= 11 is 10.8. The summed E-state index contributed by atoms with van der Waals surface area (Å²) in [5.74, 6) is -1.04. The first kappa shape index (κ1) is 23.3. The molecule has 0 unspecified atom stereocenters. The maximum Gasteiger partial charge on any atom is 0.238 e. The molecular weight excluding hydrogens is 424 g/mol. The Bertz CT molecular complexity index is 948. The van der Waals surface area contributed by atoms with E-state index in [0.29, 0.717) is 10.7 Å². The Morgan fingerprint density at radius 2 is 1.53 bits per heavy atom. The largest absolute Gasteiger partial charge is 0.326 e. The molecule has 7 nitrogen and oxygen atoms in total. The van der Waals surface area contributed by atoms with Crippen LogP contribution in [0, 0.1) is 13.8 Å². The summed E-state index contributed by atoms with van der Waals surface area (Å²) in [6.45, 7) is 3.95. The number of hydrazine groups is 1. The minimum atomic E-state index is -0.431. The molecule has 0 saturated heterocycles. The van der Waals surface area contributed by atoms with Gasteiger partial charge in [0.05, 0.1) is 6.42 Å². The molecule has 0 aliphatic heterocycles. The number of hydrogen-bond donors (Lipinski definition) is 4. The number of rotatable bonds is 6. The van der Waals surface area contributed by atoms with Crippen LogP contribution in [0.3, 0.4) is 0 Å². The smallest absolute Gasteiger partial charge is 0.238 e. The van der Waals surface area contributed by atoms with Crippen molar-refractivity contribution in [2.24, 2.45) is 0 Å². The van der Waals surface area contributed by atoms with E-state index >= 15 is 0 Å². The fraction of sp³-hybridized carbons (Fsp3) is 0.238. The van der Waals surface area contributed by atoms with Crippen LogP contribution in [-0.2, 0) is 20.8 Å². The van der Waals surface area contributed by atoms with Crippen LogP contribution in [0.25, 0.3) is 0 Å². The van der Waals surface area contributed by atoms with E-state index in [0.717, 1.165) is 16.7 Å². The molecule has 0 spiro atoms. The van der Waals surface area contributed by atoms with Crippen LogP contribution in [0.2, 0.25) is 5.02 Å². The van der Waals surface area contributed by atoms with Gasteiger partial charge in [0.25, 0.3) is 0 Å². The number of carbonyl (C=O) groups excluding carboxylic acids is 3. The minimum Gasteiger partial charge on any atom is -0.326 e. The van der Waals surface area contributed by atoms with Gasteiger partial charge in [0, 0.05) is 23.6 Å². The first-order chi connectivity index (χ1) is 14.2. The second-order valence-electron chi connectivity index (χ2n) is 6.70. The van der Waals surface area contributed by atoms with E-state index in [1.54, 1.807) is 24.3 Å². The first-order valence-electron chi connectivity index (χ1n) is 9.23. The number of hydrogen-bond acceptors (Lipinski definition) is 4. The summed E-state index contributed by atoms with van der Waals surface area (Å²) in [6, 6.07) is 12.5. The molecule has 0 fully saturated rings. The summed E-state index contributed by atoms with van der Waals surface area (Å²) in [6.07, 6.45) is 0.0900. The molecule has 0 bridgehead atoms. The highest BCUT2D eigenvalue weighted by Crippen LogP contribution is 2.14. The van der Waals surface area contributed by atoms with Crippen molar-refractivity contribution in [3.8, 4) is 0 Å². The van der Waals surface area contributed by atoms with Crippen molar-refractivity contribution in [2.45, 2.75) is 33.1 Å². The molecule has 2 aromatic carbocycles. The molecule has 0 aliphatic rings. The molecule has 9 heteroatoms. The number of thiocarbonyl (C=S) groups is 1. The van der Waals surface area contributed by atoms with Gasteiger partial charge in [-0.1, -0.05) is 29.8 Å². The average molecular weight is 447 g/mol. The standard InChI is InChI=1S/C21H23ClN4O3S/c1-13-3-8-17(11-14(13)2)23-18(27)9-10-19(28)25-26-21(30)24-20(29)12-15-4-6-16(22)7-5-15/h3-8,11H,9-10,12H2,1-2H3,(H,23,27)(H,25,28)(H2,24,26,29,30). The average Bonchev–Trinajstić information content (AvgIpc) is 2.69. The lowest BCUT2D eigenvalue weighted by Crippen LogP contribution is -2.48. The maximum absolute atomic E-state index is 12.0. The van der Waals surface area contributed by atoms with Crippen LogP contribution >= 0.6 is 23.8 Å². The van der Waals surface area contributed by atoms with E-state index in [9.17, 15) is 14.4 Å². The maximum atomic E-state index is 12.0. The summed E-state index contributed by atoms with van der Waals surface area (Å²) < 4.78 is 0. The van der Waals surface area contributed by atoms with Gasteiger partial charge >= 0.3 is 0 Å². The fourth-order valence-corrected chi connectivity index (χ4v) is 2.74. The van der Waals surface area contributed by atoms with E-state index in [-0.39, 0.29) is 36.2 Å². The molecule has 3 amide bonds. The number of carbonyl (C=O) groups is 3. The van der Waals surface area contributed by atoms with Gasteiger partial charge in [0.2, 0.25) is 17.7 Å². The van der Waals surface area contributed by atoms with Crippen molar-refractivity contribution in [3.05, 3.63) is 64.2 Å². The topological polar surface area (TPSA) is 99.3 Å². The van der Waals surface area contributed by atoms with Crippen LogP contribution in [0.4, 0.5) is 5.69 Å². The van der Waals surface area contributed by atoms with Crippen LogP contribution in [0.1, 0.15) is 29.5 Å². The third kappa shape index (κ3) is 8.18. The Morgan fingerprint density at radius 3 is 2.20 bits per heavy atom. The molecule has 0 heterocycles. The summed E-state index contributed by atoms with van der Waals surface area (Å²) in [5.41, 5.74) is 8.46. The van der Waals surface area contributed by atoms with Gasteiger partial charge < -0.3 is 10.6 Å². The molecule has 2 rings (SSSR count). The molecule has 30 heavy (non-hydrogen) atoms. The highest BCUT2D eigenvalue weighted by Gasteiger charge is 2.10. The van der Waals surface area contributed by atoms with E-state index in [1.807, 2.05) is 32.0 Å². The van der Waals surface area contributed by atoms with E-state index in [2.05, 4.69) is 21.5 Å². The molecule has 158 valence electrons. The van der Waals surface area contributed by atoms with Crippen molar-refractivity contribution < 1.29 is 14.4 Å². The number of halogens is 1. The van der Waals surface area contributed by atoms with Crippen molar-refractivity contribution in [3.63, 3.8) is 0 Å². The number of anilines is 1. The third-order valence-electron chi connectivity index (χ3n) is 4.22. The number of nitrogens with one attached hydrogen (secondary N) is 4. The van der Waals surface area contributed by atoms with Gasteiger partial charge in [-0.2, -0.15) is 0 Å². The molecule has 0 aliphatic carbocycles. The monoisotopic (exact) mass is 446 g/mol. The molecule has 2 aromatic rings. The van der Waals surface area contributed by atoms with Crippen molar-refractivity contribution in [2.75, 3.05) is 5.32 Å². The van der Waals surface area contributed by atoms with E-state index in [4.69, 9.17) is 23.8 Å². The Morgan fingerprint density at radius 1 is 0.867 bits per heavy atom. The Kier molecular flexibility index (Phi) is 8.76. The van der Waals surface area contributed by atoms with Gasteiger partial charge in [-0.3, -0.25) is 25.2 Å². The molecule has 4 N–H and O–H groups in total. The lowest BCUT2D eigenvalue weighted by Gasteiger charge is -2.11. The predicted octanol–water partition coefficient (Wildman–Crippen LogP) is 2.94. The van der Waals surface area contributed by atoms with Crippen molar-refractivity contribution >= 4 is 52.3 Å². The second-order valence-corrected chi connectivity index (χ2v) is 7.55. The van der Waals surface area contributed by atoms with Crippen LogP contribution < -0.4 is 21.5 Å². The zero-order valence-corrected chi connectivity index (χ0v) is 18.2. The fourth-order valence-electron chi connectivity index (χ4n) is 2.45. The lowest BCUT2D eigenvalue weighted by molar-refractivity contribution is -0.124. The van der Waals surface area contributed by atoms with Gasteiger partial charge in [-0.25, -0.2) is 0 Å².